The van der Waals surface area contributed by atoms with E-state index in [0.717, 1.165) is 30.7 Å². The predicted molar refractivity (Wildman–Crippen MR) is 76.4 cm³/mol. The van der Waals surface area contributed by atoms with Gasteiger partial charge in [-0.25, -0.2) is 9.37 Å². The number of nitrogens with two attached hydrogens (primary N) is 1. The van der Waals surface area contributed by atoms with Crippen molar-refractivity contribution in [2.24, 2.45) is 11.7 Å². The van der Waals surface area contributed by atoms with Gasteiger partial charge in [-0.15, -0.1) is 0 Å². The summed E-state index contributed by atoms with van der Waals surface area (Å²) in [6, 6.07) is 4.65. The summed E-state index contributed by atoms with van der Waals surface area (Å²) in [7, 11) is 0. The number of hydrogen-bond donors (Lipinski definition) is 1. The van der Waals surface area contributed by atoms with Gasteiger partial charge in [0.2, 0.25) is 0 Å². The number of hydrogen-bond acceptors (Lipinski definition) is 2. The number of imidazole rings is 1. The van der Waals surface area contributed by atoms with Crippen LogP contribution in [0.15, 0.2) is 18.2 Å². The molecule has 2 N–H and O–H groups in total. The first-order valence-electron chi connectivity index (χ1n) is 6.94. The topological polar surface area (TPSA) is 43.8 Å². The zero-order valence-corrected chi connectivity index (χ0v) is 11.9. The van der Waals surface area contributed by atoms with Crippen LogP contribution in [-0.2, 0) is 6.54 Å². The molecule has 1 heterocycles. The highest BCUT2D eigenvalue weighted by molar-refractivity contribution is 5.76. The Morgan fingerprint density at radius 3 is 2.74 bits per heavy atom. The van der Waals surface area contributed by atoms with Crippen LogP contribution in [0.1, 0.15) is 45.5 Å². The Morgan fingerprint density at radius 1 is 1.37 bits per heavy atom. The fourth-order valence-electron chi connectivity index (χ4n) is 2.48. The number of fused-ring (bicyclic) bond motifs is 1. The van der Waals surface area contributed by atoms with Crippen LogP contribution >= 0.6 is 0 Å². The van der Waals surface area contributed by atoms with Crippen molar-refractivity contribution in [3.63, 3.8) is 0 Å². The maximum absolute atomic E-state index is 13.3. The molecule has 1 aromatic carbocycles. The van der Waals surface area contributed by atoms with Crippen LogP contribution in [0.4, 0.5) is 4.39 Å². The Labute approximate surface area is 113 Å². The summed E-state index contributed by atoms with van der Waals surface area (Å²) in [6.45, 7) is 7.27. The van der Waals surface area contributed by atoms with Crippen molar-refractivity contribution in [1.29, 1.82) is 0 Å². The third-order valence-corrected chi connectivity index (χ3v) is 3.24. The third-order valence-electron chi connectivity index (χ3n) is 3.24. The number of aryl methyl sites for hydroxylation is 1. The quantitative estimate of drug-likeness (QED) is 0.895. The van der Waals surface area contributed by atoms with Crippen LogP contribution in [0.5, 0.6) is 0 Å². The van der Waals surface area contributed by atoms with Crippen molar-refractivity contribution in [2.45, 2.75) is 46.2 Å². The molecule has 2 rings (SSSR count). The SMILES string of the molecule is CCCn1c(C(N)CC(C)C)nc2cc(F)ccc21. The molecule has 2 aromatic rings. The van der Waals surface area contributed by atoms with E-state index in [1.807, 2.05) is 0 Å². The molecule has 19 heavy (non-hydrogen) atoms. The molecule has 0 aliphatic heterocycles. The number of rotatable bonds is 5. The molecule has 0 fully saturated rings. The van der Waals surface area contributed by atoms with Crippen molar-refractivity contribution in [3.05, 3.63) is 29.8 Å². The van der Waals surface area contributed by atoms with Gasteiger partial charge in [-0.1, -0.05) is 20.8 Å². The summed E-state index contributed by atoms with van der Waals surface area (Å²) in [5.41, 5.74) is 7.92. The molecule has 0 radical (unpaired) electrons. The van der Waals surface area contributed by atoms with Crippen molar-refractivity contribution >= 4 is 11.0 Å². The molecule has 0 saturated carbocycles. The normalized spacial score (nSPS) is 13.4. The van der Waals surface area contributed by atoms with Gasteiger partial charge in [0.1, 0.15) is 11.6 Å². The van der Waals surface area contributed by atoms with E-state index in [0.29, 0.717) is 11.4 Å². The summed E-state index contributed by atoms with van der Waals surface area (Å²) in [5, 5.41) is 0. The molecular formula is C15H22FN3. The summed E-state index contributed by atoms with van der Waals surface area (Å²) in [5.74, 6) is 1.13. The van der Waals surface area contributed by atoms with E-state index in [4.69, 9.17) is 5.73 Å². The first kappa shape index (κ1) is 14.0. The van der Waals surface area contributed by atoms with E-state index >= 15 is 0 Å². The molecule has 4 heteroatoms. The summed E-state index contributed by atoms with van der Waals surface area (Å²) in [6.07, 6.45) is 1.89. The predicted octanol–water partition coefficient (Wildman–Crippen LogP) is 3.63. The fourth-order valence-corrected chi connectivity index (χ4v) is 2.48. The van der Waals surface area contributed by atoms with Crippen LogP contribution in [-0.4, -0.2) is 9.55 Å². The summed E-state index contributed by atoms with van der Waals surface area (Å²) >= 11 is 0. The monoisotopic (exact) mass is 263 g/mol. The van der Waals surface area contributed by atoms with Crippen molar-refractivity contribution in [3.8, 4) is 0 Å². The van der Waals surface area contributed by atoms with E-state index in [1.54, 1.807) is 6.07 Å². The van der Waals surface area contributed by atoms with Crippen molar-refractivity contribution in [1.82, 2.24) is 9.55 Å². The third kappa shape index (κ3) is 2.95. The van der Waals surface area contributed by atoms with Crippen LogP contribution in [0.25, 0.3) is 11.0 Å². The first-order chi connectivity index (χ1) is 9.02. The lowest BCUT2D eigenvalue weighted by molar-refractivity contribution is 0.475. The standard InChI is InChI=1S/C15H22FN3/c1-4-7-19-14-6-5-11(16)9-13(14)18-15(19)12(17)8-10(2)3/h5-6,9-10,12H,4,7-8,17H2,1-3H3. The molecule has 3 nitrogen and oxygen atoms in total. The van der Waals surface area contributed by atoms with Crippen LogP contribution < -0.4 is 5.73 Å². The number of halogens is 1. The molecule has 1 atom stereocenters. The number of benzene rings is 1. The average molecular weight is 263 g/mol. The second-order valence-electron chi connectivity index (χ2n) is 5.49. The Hall–Kier alpha value is -1.42. The lowest BCUT2D eigenvalue weighted by Gasteiger charge is -2.16. The summed E-state index contributed by atoms with van der Waals surface area (Å²) < 4.78 is 15.4. The van der Waals surface area contributed by atoms with Gasteiger partial charge in [-0.3, -0.25) is 0 Å². The highest BCUT2D eigenvalue weighted by Gasteiger charge is 2.17. The Kier molecular flexibility index (Phi) is 4.20. The smallest absolute Gasteiger partial charge is 0.126 e. The van der Waals surface area contributed by atoms with Gasteiger partial charge in [0.05, 0.1) is 17.1 Å². The van der Waals surface area contributed by atoms with Crippen LogP contribution in [0, 0.1) is 11.7 Å². The molecule has 0 saturated heterocycles. The molecule has 0 spiro atoms. The molecule has 104 valence electrons. The zero-order valence-electron chi connectivity index (χ0n) is 11.9. The second kappa shape index (κ2) is 5.70. The molecule has 1 unspecified atom stereocenters. The van der Waals surface area contributed by atoms with E-state index in [1.165, 1.54) is 12.1 Å². The Balaban J connectivity index is 2.49. The molecule has 0 amide bonds. The maximum atomic E-state index is 13.3. The van der Waals surface area contributed by atoms with Crippen molar-refractivity contribution < 1.29 is 4.39 Å². The lowest BCUT2D eigenvalue weighted by Crippen LogP contribution is -2.18. The highest BCUT2D eigenvalue weighted by atomic mass is 19.1. The van der Waals surface area contributed by atoms with Gasteiger partial charge < -0.3 is 10.3 Å². The van der Waals surface area contributed by atoms with Gasteiger partial charge >= 0.3 is 0 Å². The Morgan fingerprint density at radius 2 is 2.11 bits per heavy atom. The molecular weight excluding hydrogens is 241 g/mol. The highest BCUT2D eigenvalue weighted by Crippen LogP contribution is 2.24. The Bertz CT molecular complexity index is 560. The maximum Gasteiger partial charge on any atom is 0.126 e. The molecule has 0 aliphatic carbocycles. The fraction of sp³-hybridized carbons (Fsp3) is 0.533. The van der Waals surface area contributed by atoms with E-state index in [9.17, 15) is 4.39 Å². The van der Waals surface area contributed by atoms with E-state index < -0.39 is 0 Å². The first-order valence-corrected chi connectivity index (χ1v) is 6.94. The van der Waals surface area contributed by atoms with Crippen molar-refractivity contribution in [2.75, 3.05) is 0 Å². The van der Waals surface area contributed by atoms with E-state index in [2.05, 4.69) is 30.3 Å². The molecule has 0 bridgehead atoms. The average Bonchev–Trinajstić information content (AvgIpc) is 2.67. The summed E-state index contributed by atoms with van der Waals surface area (Å²) in [4.78, 5) is 4.54. The molecule has 1 aromatic heterocycles. The van der Waals surface area contributed by atoms with Gasteiger partial charge in [0.15, 0.2) is 0 Å². The molecule has 0 aliphatic rings. The number of nitrogens with zero attached hydrogens (tertiary/aromatic N) is 2. The minimum atomic E-state index is -0.252. The largest absolute Gasteiger partial charge is 0.327 e. The van der Waals surface area contributed by atoms with Gasteiger partial charge in [0.25, 0.3) is 0 Å². The minimum absolute atomic E-state index is 0.0954. The van der Waals surface area contributed by atoms with Gasteiger partial charge in [-0.05, 0) is 30.9 Å². The van der Waals surface area contributed by atoms with Gasteiger partial charge in [0, 0.05) is 12.6 Å². The van der Waals surface area contributed by atoms with E-state index in [-0.39, 0.29) is 11.9 Å². The number of aromatic nitrogens is 2. The van der Waals surface area contributed by atoms with Gasteiger partial charge in [-0.2, -0.15) is 0 Å². The van der Waals surface area contributed by atoms with Crippen LogP contribution in [0.2, 0.25) is 0 Å². The second-order valence-corrected chi connectivity index (χ2v) is 5.49. The minimum Gasteiger partial charge on any atom is -0.327 e. The lowest BCUT2D eigenvalue weighted by atomic mass is 10.0. The van der Waals surface area contributed by atoms with Crippen LogP contribution in [0.3, 0.4) is 0 Å². The zero-order chi connectivity index (χ0) is 14.0.